The van der Waals surface area contributed by atoms with Crippen LogP contribution < -0.4 is 5.32 Å². The first-order valence-corrected chi connectivity index (χ1v) is 6.68. The van der Waals surface area contributed by atoms with Crippen LogP contribution in [-0.4, -0.2) is 30.0 Å². The maximum absolute atomic E-state index is 10.9. The van der Waals surface area contributed by atoms with Crippen molar-refractivity contribution in [2.24, 2.45) is 5.92 Å². The number of anilines is 1. The molecule has 0 bridgehead atoms. The number of nitrogens with zero attached hydrogens (tertiary/aromatic N) is 2. The van der Waals surface area contributed by atoms with Crippen LogP contribution in [0.2, 0.25) is 0 Å². The van der Waals surface area contributed by atoms with Gasteiger partial charge in [-0.05, 0) is 44.4 Å². The molecule has 1 aromatic carbocycles. The molecule has 0 heterocycles. The number of nitrogens with one attached hydrogen (secondary N) is 1. The van der Waals surface area contributed by atoms with Crippen LogP contribution in [0.3, 0.4) is 0 Å². The summed E-state index contributed by atoms with van der Waals surface area (Å²) in [5.74, 6) is 0.826. The molecule has 1 aliphatic rings. The Morgan fingerprint density at radius 3 is 2.74 bits per heavy atom. The summed E-state index contributed by atoms with van der Waals surface area (Å²) in [6, 6.07) is 5.87. The second-order valence-electron chi connectivity index (χ2n) is 5.35. The highest BCUT2D eigenvalue weighted by Crippen LogP contribution is 2.35. The first-order valence-electron chi connectivity index (χ1n) is 6.68. The van der Waals surface area contributed by atoms with Gasteiger partial charge in [-0.25, -0.2) is 0 Å². The van der Waals surface area contributed by atoms with Crippen LogP contribution in [0, 0.1) is 16.0 Å². The molecule has 0 amide bonds. The molecule has 0 saturated heterocycles. The lowest BCUT2D eigenvalue weighted by atomic mass is 10.1. The Morgan fingerprint density at radius 1 is 1.53 bits per heavy atom. The molecule has 1 atom stereocenters. The fourth-order valence-electron chi connectivity index (χ4n) is 2.41. The van der Waals surface area contributed by atoms with Crippen LogP contribution in [-0.2, 0) is 6.54 Å². The molecule has 0 radical (unpaired) electrons. The molecule has 5 heteroatoms. The number of rotatable bonds is 6. The average molecular weight is 263 g/mol. The van der Waals surface area contributed by atoms with Gasteiger partial charge < -0.3 is 5.32 Å². The number of hydrogen-bond donors (Lipinski definition) is 1. The summed E-state index contributed by atoms with van der Waals surface area (Å²) in [4.78, 5) is 12.8. The van der Waals surface area contributed by atoms with E-state index >= 15 is 0 Å². The summed E-state index contributed by atoms with van der Waals surface area (Å²) in [6.45, 7) is 3.08. The molecule has 1 unspecified atom stereocenters. The molecule has 1 saturated carbocycles. The average Bonchev–Trinajstić information content (AvgIpc) is 3.21. The molecule has 0 aromatic heterocycles. The van der Waals surface area contributed by atoms with E-state index in [1.807, 2.05) is 12.1 Å². The van der Waals surface area contributed by atoms with Crippen molar-refractivity contribution >= 4 is 11.4 Å². The number of nitro groups is 1. The Labute approximate surface area is 113 Å². The van der Waals surface area contributed by atoms with E-state index in [1.54, 1.807) is 13.1 Å². The quantitative estimate of drug-likeness (QED) is 0.633. The lowest BCUT2D eigenvalue weighted by molar-refractivity contribution is -0.384. The Morgan fingerprint density at radius 2 is 2.21 bits per heavy atom. The van der Waals surface area contributed by atoms with Crippen LogP contribution in [0.4, 0.5) is 11.4 Å². The van der Waals surface area contributed by atoms with Gasteiger partial charge in [-0.15, -0.1) is 0 Å². The molecule has 2 rings (SSSR count). The van der Waals surface area contributed by atoms with E-state index < -0.39 is 0 Å². The molecule has 0 spiro atoms. The third-order valence-corrected chi connectivity index (χ3v) is 3.96. The monoisotopic (exact) mass is 263 g/mol. The first kappa shape index (κ1) is 13.8. The fourth-order valence-corrected chi connectivity index (χ4v) is 2.41. The van der Waals surface area contributed by atoms with E-state index in [4.69, 9.17) is 0 Å². The summed E-state index contributed by atoms with van der Waals surface area (Å²) in [5, 5.41) is 13.8. The van der Waals surface area contributed by atoms with Crippen LogP contribution >= 0.6 is 0 Å². The molecular formula is C14H21N3O2. The van der Waals surface area contributed by atoms with Crippen molar-refractivity contribution in [3.8, 4) is 0 Å². The van der Waals surface area contributed by atoms with Gasteiger partial charge in [-0.1, -0.05) is 6.07 Å². The standard InChI is InChI=1S/C14H21N3O2/c1-10(12-5-6-12)16(3)9-11-4-7-14(17(18)19)13(8-11)15-2/h4,7-8,10,12,15H,5-6,9H2,1-3H3. The van der Waals surface area contributed by atoms with Crippen LogP contribution in [0.5, 0.6) is 0 Å². The molecular weight excluding hydrogens is 242 g/mol. The predicted molar refractivity (Wildman–Crippen MR) is 76.3 cm³/mol. The van der Waals surface area contributed by atoms with Crippen molar-refractivity contribution in [2.75, 3.05) is 19.4 Å². The van der Waals surface area contributed by atoms with Gasteiger partial charge in [0, 0.05) is 25.7 Å². The number of benzene rings is 1. The van der Waals surface area contributed by atoms with Gasteiger partial charge in [0.1, 0.15) is 5.69 Å². The van der Waals surface area contributed by atoms with Crippen LogP contribution in [0.15, 0.2) is 18.2 Å². The van der Waals surface area contributed by atoms with E-state index in [1.165, 1.54) is 12.8 Å². The van der Waals surface area contributed by atoms with E-state index in [0.29, 0.717) is 11.7 Å². The maximum atomic E-state index is 10.9. The van der Waals surface area contributed by atoms with Gasteiger partial charge in [-0.3, -0.25) is 15.0 Å². The molecule has 1 fully saturated rings. The van der Waals surface area contributed by atoms with Crippen molar-refractivity contribution in [3.05, 3.63) is 33.9 Å². The van der Waals surface area contributed by atoms with E-state index in [9.17, 15) is 10.1 Å². The first-order chi connectivity index (χ1) is 9.02. The molecule has 0 aliphatic heterocycles. The minimum atomic E-state index is -0.355. The number of nitro benzene ring substituents is 1. The Hall–Kier alpha value is -1.62. The summed E-state index contributed by atoms with van der Waals surface area (Å²) >= 11 is 0. The van der Waals surface area contributed by atoms with Crippen molar-refractivity contribution in [3.63, 3.8) is 0 Å². The largest absolute Gasteiger partial charge is 0.383 e. The van der Waals surface area contributed by atoms with Crippen LogP contribution in [0.1, 0.15) is 25.3 Å². The van der Waals surface area contributed by atoms with Gasteiger partial charge in [0.15, 0.2) is 0 Å². The summed E-state index contributed by atoms with van der Waals surface area (Å²) in [6.07, 6.45) is 2.65. The van der Waals surface area contributed by atoms with Crippen molar-refractivity contribution in [1.29, 1.82) is 0 Å². The lowest BCUT2D eigenvalue weighted by Gasteiger charge is -2.24. The van der Waals surface area contributed by atoms with Gasteiger partial charge in [0.2, 0.25) is 0 Å². The maximum Gasteiger partial charge on any atom is 0.292 e. The normalized spacial score (nSPS) is 16.4. The zero-order valence-corrected chi connectivity index (χ0v) is 11.7. The zero-order chi connectivity index (χ0) is 14.0. The summed E-state index contributed by atoms with van der Waals surface area (Å²) in [7, 11) is 3.83. The zero-order valence-electron chi connectivity index (χ0n) is 11.7. The van der Waals surface area contributed by atoms with Gasteiger partial charge in [0.25, 0.3) is 5.69 Å². The third-order valence-electron chi connectivity index (χ3n) is 3.96. The molecule has 5 nitrogen and oxygen atoms in total. The third kappa shape index (κ3) is 3.23. The fraction of sp³-hybridized carbons (Fsp3) is 0.571. The van der Waals surface area contributed by atoms with Crippen molar-refractivity contribution < 1.29 is 4.92 Å². The van der Waals surface area contributed by atoms with Crippen molar-refractivity contribution in [1.82, 2.24) is 4.90 Å². The second-order valence-corrected chi connectivity index (χ2v) is 5.35. The second kappa shape index (κ2) is 5.57. The number of hydrogen-bond acceptors (Lipinski definition) is 4. The topological polar surface area (TPSA) is 58.4 Å². The Bertz CT molecular complexity index is 472. The van der Waals surface area contributed by atoms with Gasteiger partial charge in [0.05, 0.1) is 4.92 Å². The Balaban J connectivity index is 2.10. The lowest BCUT2D eigenvalue weighted by Crippen LogP contribution is -2.30. The highest BCUT2D eigenvalue weighted by molar-refractivity contribution is 5.62. The molecule has 104 valence electrons. The van der Waals surface area contributed by atoms with E-state index in [0.717, 1.165) is 18.0 Å². The molecule has 19 heavy (non-hydrogen) atoms. The molecule has 1 aromatic rings. The molecule has 1 aliphatic carbocycles. The minimum Gasteiger partial charge on any atom is -0.383 e. The van der Waals surface area contributed by atoms with Gasteiger partial charge >= 0.3 is 0 Å². The summed E-state index contributed by atoms with van der Waals surface area (Å²) < 4.78 is 0. The minimum absolute atomic E-state index is 0.129. The summed E-state index contributed by atoms with van der Waals surface area (Å²) in [5.41, 5.74) is 1.81. The van der Waals surface area contributed by atoms with Crippen molar-refractivity contribution in [2.45, 2.75) is 32.4 Å². The van der Waals surface area contributed by atoms with E-state index in [2.05, 4.69) is 24.2 Å². The van der Waals surface area contributed by atoms with Gasteiger partial charge in [-0.2, -0.15) is 0 Å². The highest BCUT2D eigenvalue weighted by atomic mass is 16.6. The predicted octanol–water partition coefficient (Wildman–Crippen LogP) is 2.87. The molecule has 1 N–H and O–H groups in total. The highest BCUT2D eigenvalue weighted by Gasteiger charge is 2.30. The van der Waals surface area contributed by atoms with E-state index in [-0.39, 0.29) is 10.6 Å². The smallest absolute Gasteiger partial charge is 0.292 e. The SMILES string of the molecule is CNc1cc(CN(C)C(C)C2CC2)ccc1[N+](=O)[O-]. The van der Waals surface area contributed by atoms with Crippen LogP contribution in [0.25, 0.3) is 0 Å². The Kier molecular flexibility index (Phi) is 4.04.